The third-order valence-electron chi connectivity index (χ3n) is 3.34. The van der Waals surface area contributed by atoms with Crippen LogP contribution in [-0.2, 0) is 4.79 Å². The Kier molecular flexibility index (Phi) is 3.76. The van der Waals surface area contributed by atoms with Gasteiger partial charge in [-0.05, 0) is 18.2 Å². The molecule has 1 heterocycles. The predicted molar refractivity (Wildman–Crippen MR) is 86.7 cm³/mol. The van der Waals surface area contributed by atoms with Crippen LogP contribution in [-0.4, -0.2) is 11.7 Å². The van der Waals surface area contributed by atoms with Crippen LogP contribution < -0.4 is 10.9 Å². The zero-order chi connectivity index (χ0) is 16.4. The largest absolute Gasteiger partial charge is 0.422 e. The number of ketones is 1. The van der Waals surface area contributed by atoms with Crippen molar-refractivity contribution in [2.45, 2.75) is 6.92 Å². The summed E-state index contributed by atoms with van der Waals surface area (Å²) in [5, 5.41) is 3.22. The van der Waals surface area contributed by atoms with Gasteiger partial charge in [0.2, 0.25) is 5.91 Å². The van der Waals surface area contributed by atoms with Crippen LogP contribution in [0.25, 0.3) is 11.0 Å². The topological polar surface area (TPSA) is 76.4 Å². The Morgan fingerprint density at radius 2 is 1.74 bits per heavy atom. The van der Waals surface area contributed by atoms with Crippen LogP contribution in [0.3, 0.4) is 0 Å². The normalized spacial score (nSPS) is 10.5. The summed E-state index contributed by atoms with van der Waals surface area (Å²) in [5.74, 6) is -0.602. The van der Waals surface area contributed by atoms with Gasteiger partial charge in [-0.1, -0.05) is 30.3 Å². The molecule has 0 atom stereocenters. The molecule has 0 fully saturated rings. The Morgan fingerprint density at radius 1 is 1.00 bits per heavy atom. The Balaban J connectivity index is 2.07. The average Bonchev–Trinajstić information content (AvgIpc) is 2.54. The molecule has 1 amide bonds. The number of rotatable bonds is 3. The van der Waals surface area contributed by atoms with E-state index < -0.39 is 5.63 Å². The van der Waals surface area contributed by atoms with E-state index in [0.717, 1.165) is 0 Å². The first-order valence-corrected chi connectivity index (χ1v) is 7.00. The Labute approximate surface area is 131 Å². The van der Waals surface area contributed by atoms with Crippen molar-refractivity contribution in [3.8, 4) is 0 Å². The molecule has 5 nitrogen and oxygen atoms in total. The molecule has 1 N–H and O–H groups in total. The van der Waals surface area contributed by atoms with E-state index in [1.807, 2.05) is 0 Å². The van der Waals surface area contributed by atoms with Crippen molar-refractivity contribution >= 4 is 28.3 Å². The SMILES string of the molecule is CC(=O)Nc1ccc2cc(C(=O)c3ccccc3)c(=O)oc2c1. The van der Waals surface area contributed by atoms with E-state index in [-0.39, 0.29) is 17.3 Å². The lowest BCUT2D eigenvalue weighted by Crippen LogP contribution is -2.14. The summed E-state index contributed by atoms with van der Waals surface area (Å²) < 4.78 is 5.23. The molecule has 114 valence electrons. The molecule has 0 aliphatic carbocycles. The van der Waals surface area contributed by atoms with Crippen LogP contribution in [0.15, 0.2) is 63.8 Å². The van der Waals surface area contributed by atoms with Crippen LogP contribution in [0, 0.1) is 0 Å². The number of anilines is 1. The van der Waals surface area contributed by atoms with Crippen molar-refractivity contribution in [3.63, 3.8) is 0 Å². The van der Waals surface area contributed by atoms with Crippen LogP contribution in [0.5, 0.6) is 0 Å². The molecule has 0 aliphatic rings. The maximum absolute atomic E-state index is 12.4. The fourth-order valence-corrected chi connectivity index (χ4v) is 2.30. The van der Waals surface area contributed by atoms with Gasteiger partial charge in [-0.2, -0.15) is 0 Å². The first-order valence-electron chi connectivity index (χ1n) is 7.00. The molecule has 0 radical (unpaired) electrons. The van der Waals surface area contributed by atoms with E-state index in [4.69, 9.17) is 4.42 Å². The van der Waals surface area contributed by atoms with Crippen molar-refractivity contribution in [2.24, 2.45) is 0 Å². The highest BCUT2D eigenvalue weighted by Gasteiger charge is 2.15. The Morgan fingerprint density at radius 3 is 2.43 bits per heavy atom. The highest BCUT2D eigenvalue weighted by Crippen LogP contribution is 2.20. The molecule has 0 saturated heterocycles. The van der Waals surface area contributed by atoms with Gasteiger partial charge in [0.15, 0.2) is 5.78 Å². The summed E-state index contributed by atoms with van der Waals surface area (Å²) in [6.07, 6.45) is 0. The standard InChI is InChI=1S/C18H13NO4/c1-11(20)19-14-8-7-13-9-15(18(22)23-16(13)10-14)17(21)12-5-3-2-4-6-12/h2-10H,1H3,(H,19,20). The van der Waals surface area contributed by atoms with E-state index in [2.05, 4.69) is 5.32 Å². The van der Waals surface area contributed by atoms with E-state index in [9.17, 15) is 14.4 Å². The molecule has 3 aromatic rings. The van der Waals surface area contributed by atoms with Gasteiger partial charge >= 0.3 is 5.63 Å². The molecular formula is C18H13NO4. The number of nitrogens with one attached hydrogen (secondary N) is 1. The van der Waals surface area contributed by atoms with Gasteiger partial charge in [-0.25, -0.2) is 4.79 Å². The van der Waals surface area contributed by atoms with Crippen LogP contribution in [0.4, 0.5) is 5.69 Å². The van der Waals surface area contributed by atoms with Gasteiger partial charge in [-0.15, -0.1) is 0 Å². The second kappa shape index (κ2) is 5.88. The van der Waals surface area contributed by atoms with Gasteiger partial charge in [0.1, 0.15) is 11.1 Å². The van der Waals surface area contributed by atoms with E-state index in [1.54, 1.807) is 48.5 Å². The molecule has 0 aliphatic heterocycles. The highest BCUT2D eigenvalue weighted by atomic mass is 16.4. The van der Waals surface area contributed by atoms with Crippen LogP contribution in [0.1, 0.15) is 22.8 Å². The fraction of sp³-hybridized carbons (Fsp3) is 0.0556. The highest BCUT2D eigenvalue weighted by molar-refractivity contribution is 6.09. The van der Waals surface area contributed by atoms with Gasteiger partial charge < -0.3 is 9.73 Å². The minimum absolute atomic E-state index is 0.0176. The number of hydrogen-bond acceptors (Lipinski definition) is 4. The summed E-state index contributed by atoms with van der Waals surface area (Å²) in [7, 11) is 0. The van der Waals surface area contributed by atoms with Crippen LogP contribution >= 0.6 is 0 Å². The first-order chi connectivity index (χ1) is 11.0. The summed E-state index contributed by atoms with van der Waals surface area (Å²) in [6, 6.07) is 15.0. The Hall–Kier alpha value is -3.21. The Bertz CT molecular complexity index is 958. The lowest BCUT2D eigenvalue weighted by Gasteiger charge is -2.05. The number of carbonyl (C=O) groups excluding carboxylic acids is 2. The van der Waals surface area contributed by atoms with E-state index >= 15 is 0 Å². The molecule has 0 bridgehead atoms. The fourth-order valence-electron chi connectivity index (χ4n) is 2.30. The summed E-state index contributed by atoms with van der Waals surface area (Å²) in [5.41, 5.74) is 0.539. The molecule has 1 aromatic heterocycles. The monoisotopic (exact) mass is 307 g/mol. The smallest absolute Gasteiger partial charge is 0.347 e. The third-order valence-corrected chi connectivity index (χ3v) is 3.34. The number of amides is 1. The summed E-state index contributed by atoms with van der Waals surface area (Å²) in [4.78, 5) is 35.6. The number of carbonyl (C=O) groups is 2. The lowest BCUT2D eigenvalue weighted by atomic mass is 10.0. The zero-order valence-corrected chi connectivity index (χ0v) is 12.3. The predicted octanol–water partition coefficient (Wildman–Crippen LogP) is 2.98. The second-order valence-electron chi connectivity index (χ2n) is 5.08. The van der Waals surface area contributed by atoms with Gasteiger partial charge in [-0.3, -0.25) is 9.59 Å². The molecule has 0 spiro atoms. The van der Waals surface area contributed by atoms with Gasteiger partial charge in [0.25, 0.3) is 0 Å². The zero-order valence-electron chi connectivity index (χ0n) is 12.3. The molecule has 3 rings (SSSR count). The van der Waals surface area contributed by atoms with E-state index in [1.165, 1.54) is 13.0 Å². The maximum atomic E-state index is 12.4. The van der Waals surface area contributed by atoms with Crippen molar-refractivity contribution in [1.29, 1.82) is 0 Å². The van der Waals surface area contributed by atoms with Crippen molar-refractivity contribution in [2.75, 3.05) is 5.32 Å². The van der Waals surface area contributed by atoms with E-state index in [0.29, 0.717) is 22.2 Å². The minimum Gasteiger partial charge on any atom is -0.422 e. The van der Waals surface area contributed by atoms with Gasteiger partial charge in [0, 0.05) is 29.6 Å². The third kappa shape index (κ3) is 3.03. The van der Waals surface area contributed by atoms with Gasteiger partial charge in [0.05, 0.1) is 0 Å². The maximum Gasteiger partial charge on any atom is 0.347 e. The summed E-state index contributed by atoms with van der Waals surface area (Å²) in [6.45, 7) is 1.39. The molecule has 23 heavy (non-hydrogen) atoms. The second-order valence-corrected chi connectivity index (χ2v) is 5.08. The quantitative estimate of drug-likeness (QED) is 0.596. The lowest BCUT2D eigenvalue weighted by molar-refractivity contribution is -0.114. The summed E-state index contributed by atoms with van der Waals surface area (Å²) >= 11 is 0. The van der Waals surface area contributed by atoms with Crippen molar-refractivity contribution in [3.05, 3.63) is 76.1 Å². The number of fused-ring (bicyclic) bond motifs is 1. The van der Waals surface area contributed by atoms with Crippen molar-refractivity contribution in [1.82, 2.24) is 0 Å². The molecule has 2 aromatic carbocycles. The molecule has 0 saturated carbocycles. The number of hydrogen-bond donors (Lipinski definition) is 1. The molecular weight excluding hydrogens is 294 g/mol. The first kappa shape index (κ1) is 14.7. The molecule has 0 unspecified atom stereocenters. The number of benzene rings is 2. The van der Waals surface area contributed by atoms with Crippen LogP contribution in [0.2, 0.25) is 0 Å². The minimum atomic E-state index is -0.702. The molecule has 5 heteroatoms. The van der Waals surface area contributed by atoms with Crippen molar-refractivity contribution < 1.29 is 14.0 Å². The average molecular weight is 307 g/mol.